The van der Waals surface area contributed by atoms with Gasteiger partial charge in [-0.05, 0) is 79.4 Å². The van der Waals surface area contributed by atoms with E-state index in [0.717, 1.165) is 52.1 Å². The van der Waals surface area contributed by atoms with E-state index in [9.17, 15) is 18.0 Å². The Hall–Kier alpha value is -4.38. The predicted molar refractivity (Wildman–Crippen MR) is 155 cm³/mol. The number of fused-ring (bicyclic) bond motifs is 3. The van der Waals surface area contributed by atoms with Crippen molar-refractivity contribution in [2.75, 3.05) is 25.5 Å². The number of methoxy groups -OCH3 is 1. The van der Waals surface area contributed by atoms with Crippen LogP contribution in [-0.4, -0.2) is 58.5 Å². The maximum absolute atomic E-state index is 13.1. The Balaban J connectivity index is 0.000000423. The summed E-state index contributed by atoms with van der Waals surface area (Å²) in [6.45, 7) is 3.38. The van der Waals surface area contributed by atoms with Crippen molar-refractivity contribution < 1.29 is 32.6 Å². The Bertz CT molecular complexity index is 1700. The number of aliphatic carboxylic acids is 1. The van der Waals surface area contributed by atoms with Crippen LogP contribution in [-0.2, 0) is 21.5 Å². The smallest absolute Gasteiger partial charge is 0.490 e. The number of anilines is 1. The molecule has 7 rings (SSSR count). The molecule has 0 radical (unpaired) electrons. The van der Waals surface area contributed by atoms with Gasteiger partial charge in [-0.15, -0.1) is 0 Å². The van der Waals surface area contributed by atoms with Gasteiger partial charge in [0.2, 0.25) is 5.91 Å². The molecule has 4 aromatic rings. The number of carbonyl (C=O) groups is 2. The second-order valence-corrected chi connectivity index (χ2v) is 11.3. The number of aromatic nitrogens is 2. The molecule has 11 heteroatoms. The molecule has 2 fully saturated rings. The molecule has 1 unspecified atom stereocenters. The molecular weight excluding hydrogens is 561 g/mol. The van der Waals surface area contributed by atoms with Crippen LogP contribution in [0.15, 0.2) is 60.7 Å². The molecule has 3 heterocycles. The number of piperidine rings is 1. The van der Waals surface area contributed by atoms with E-state index in [2.05, 4.69) is 57.8 Å². The number of H-pyrrole nitrogens is 1. The summed E-state index contributed by atoms with van der Waals surface area (Å²) in [6, 6.07) is 21.1. The van der Waals surface area contributed by atoms with Crippen LogP contribution in [0.25, 0.3) is 22.2 Å². The number of hydrogen-bond donors (Lipinski definition) is 3. The third-order valence-electron chi connectivity index (χ3n) is 8.61. The second kappa shape index (κ2) is 11.0. The number of benzene rings is 3. The number of rotatable bonds is 5. The predicted octanol–water partition coefficient (Wildman–Crippen LogP) is 6.24. The number of aromatic amines is 1. The lowest BCUT2D eigenvalue weighted by molar-refractivity contribution is -0.192. The number of nitrogens with zero attached hydrogens (tertiary/aromatic N) is 2. The summed E-state index contributed by atoms with van der Waals surface area (Å²) < 4.78 is 37.2. The van der Waals surface area contributed by atoms with Crippen LogP contribution in [0.5, 0.6) is 5.75 Å². The van der Waals surface area contributed by atoms with E-state index in [1.165, 1.54) is 43.5 Å². The molecule has 1 saturated heterocycles. The summed E-state index contributed by atoms with van der Waals surface area (Å²) in [5, 5.41) is 19.3. The van der Waals surface area contributed by atoms with Crippen molar-refractivity contribution in [2.45, 2.75) is 49.7 Å². The molecule has 1 aliphatic carbocycles. The van der Waals surface area contributed by atoms with E-state index in [1.54, 1.807) is 7.11 Å². The maximum Gasteiger partial charge on any atom is 0.490 e. The first-order valence-electron chi connectivity index (χ1n) is 14.2. The molecular formula is C32H31F3N4O4. The number of carboxylic acid groups (broad SMARTS) is 1. The molecule has 43 heavy (non-hydrogen) atoms. The molecule has 1 spiro atoms. The largest absolute Gasteiger partial charge is 0.497 e. The van der Waals surface area contributed by atoms with Gasteiger partial charge < -0.3 is 15.2 Å². The van der Waals surface area contributed by atoms with Crippen LogP contribution in [0.2, 0.25) is 0 Å². The minimum atomic E-state index is -5.08. The average molecular weight is 593 g/mol. The topological polar surface area (TPSA) is 108 Å². The second-order valence-electron chi connectivity index (χ2n) is 11.3. The van der Waals surface area contributed by atoms with Gasteiger partial charge in [0.25, 0.3) is 0 Å². The van der Waals surface area contributed by atoms with Crippen LogP contribution in [0.3, 0.4) is 0 Å². The number of nitrogens with one attached hydrogen (secondary N) is 2. The zero-order chi connectivity index (χ0) is 30.4. The SMILES string of the molecule is COc1ccc2c(c1)C1(C[C@H]1c1ccc3c(-c4cccc(CN5CCCCC5)c4)n[nH]c3c1)C(=O)N2.O=C(O)C(F)(F)F. The number of carbonyl (C=O) groups excluding carboxylic acids is 1. The number of hydrogen-bond acceptors (Lipinski definition) is 5. The fourth-order valence-corrected chi connectivity index (χ4v) is 6.37. The molecule has 0 bridgehead atoms. The van der Waals surface area contributed by atoms with Crippen LogP contribution in [0.1, 0.15) is 48.3 Å². The van der Waals surface area contributed by atoms with Gasteiger partial charge in [0.1, 0.15) is 5.75 Å². The van der Waals surface area contributed by atoms with Crippen LogP contribution in [0, 0.1) is 0 Å². The first-order chi connectivity index (χ1) is 20.6. The highest BCUT2D eigenvalue weighted by molar-refractivity contribution is 6.10. The lowest BCUT2D eigenvalue weighted by Crippen LogP contribution is -2.29. The van der Waals surface area contributed by atoms with Crippen molar-refractivity contribution in [1.82, 2.24) is 15.1 Å². The molecule has 3 aromatic carbocycles. The van der Waals surface area contributed by atoms with Crippen LogP contribution in [0.4, 0.5) is 18.9 Å². The molecule has 224 valence electrons. The molecule has 1 aromatic heterocycles. The van der Waals surface area contributed by atoms with Crippen molar-refractivity contribution >= 4 is 28.5 Å². The quantitative estimate of drug-likeness (QED) is 0.254. The number of alkyl halides is 3. The van der Waals surface area contributed by atoms with Crippen LogP contribution < -0.4 is 10.1 Å². The summed E-state index contributed by atoms with van der Waals surface area (Å²) in [5.41, 5.74) is 7.09. The van der Waals surface area contributed by atoms with Crippen molar-refractivity contribution in [3.05, 3.63) is 77.4 Å². The fourth-order valence-electron chi connectivity index (χ4n) is 6.37. The van der Waals surface area contributed by atoms with E-state index >= 15 is 0 Å². The minimum absolute atomic E-state index is 0.0895. The number of likely N-dealkylation sites (tertiary alicyclic amines) is 1. The number of halogens is 3. The number of carboxylic acids is 1. The molecule has 3 N–H and O–H groups in total. The van der Waals surface area contributed by atoms with Gasteiger partial charge in [0.15, 0.2) is 0 Å². The summed E-state index contributed by atoms with van der Waals surface area (Å²) in [4.78, 5) is 24.5. The lowest BCUT2D eigenvalue weighted by Gasteiger charge is -2.26. The van der Waals surface area contributed by atoms with Gasteiger partial charge in [0.05, 0.1) is 23.7 Å². The molecule has 3 aliphatic rings. The van der Waals surface area contributed by atoms with Gasteiger partial charge in [0, 0.05) is 29.1 Å². The van der Waals surface area contributed by atoms with E-state index in [-0.39, 0.29) is 11.8 Å². The maximum atomic E-state index is 13.1. The average Bonchev–Trinajstić information content (AvgIpc) is 3.52. The highest BCUT2D eigenvalue weighted by Gasteiger charge is 2.65. The molecule has 2 aliphatic heterocycles. The zero-order valence-corrected chi connectivity index (χ0v) is 23.5. The van der Waals surface area contributed by atoms with Crippen molar-refractivity contribution in [1.29, 1.82) is 0 Å². The Morgan fingerprint density at radius 1 is 1.09 bits per heavy atom. The third-order valence-corrected chi connectivity index (χ3v) is 8.61. The van der Waals surface area contributed by atoms with Crippen molar-refractivity contribution in [2.24, 2.45) is 0 Å². The fraction of sp³-hybridized carbons (Fsp3) is 0.344. The molecule has 1 saturated carbocycles. The summed E-state index contributed by atoms with van der Waals surface area (Å²) >= 11 is 0. The van der Waals surface area contributed by atoms with Gasteiger partial charge >= 0.3 is 12.1 Å². The Morgan fingerprint density at radius 3 is 2.58 bits per heavy atom. The Kier molecular flexibility index (Phi) is 7.37. The molecule has 1 amide bonds. The van der Waals surface area contributed by atoms with E-state index < -0.39 is 17.6 Å². The van der Waals surface area contributed by atoms with Crippen LogP contribution >= 0.6 is 0 Å². The van der Waals surface area contributed by atoms with Gasteiger partial charge in [-0.1, -0.05) is 36.8 Å². The standard InChI is InChI=1S/C30H30N4O2.C2HF3O2/c1-36-22-9-11-26-24(16-22)30(29(35)31-26)17-25(30)20-8-10-23-27(15-20)32-33-28(23)21-7-5-6-19(14-21)18-34-12-3-2-4-13-34;3-2(4,5)1(6)7/h5-11,14-16,25H,2-4,12-13,17-18H2,1H3,(H,31,35)(H,32,33);(H,6,7)/t25-,30?;/m0./s1. The van der Waals surface area contributed by atoms with Gasteiger partial charge in [-0.2, -0.15) is 18.3 Å². The highest BCUT2D eigenvalue weighted by atomic mass is 19.4. The van der Waals surface area contributed by atoms with E-state index in [4.69, 9.17) is 19.7 Å². The molecule has 2 atom stereocenters. The number of ether oxygens (including phenoxy) is 1. The summed E-state index contributed by atoms with van der Waals surface area (Å²) in [7, 11) is 1.66. The normalized spacial score (nSPS) is 21.2. The lowest BCUT2D eigenvalue weighted by atomic mass is 9.91. The Morgan fingerprint density at radius 2 is 1.86 bits per heavy atom. The van der Waals surface area contributed by atoms with Crippen molar-refractivity contribution in [3.8, 4) is 17.0 Å². The number of amides is 1. The minimum Gasteiger partial charge on any atom is -0.497 e. The first kappa shape index (κ1) is 28.7. The highest BCUT2D eigenvalue weighted by Crippen LogP contribution is 2.65. The van der Waals surface area contributed by atoms with Gasteiger partial charge in [-0.25, -0.2) is 4.79 Å². The Labute approximate surface area is 245 Å². The summed E-state index contributed by atoms with van der Waals surface area (Å²) in [5.74, 6) is -1.74. The summed E-state index contributed by atoms with van der Waals surface area (Å²) in [6.07, 6.45) is -0.320. The first-order valence-corrected chi connectivity index (χ1v) is 14.2. The van der Waals surface area contributed by atoms with E-state index in [0.29, 0.717) is 0 Å². The monoisotopic (exact) mass is 592 g/mol. The third kappa shape index (κ3) is 5.45. The van der Waals surface area contributed by atoms with E-state index in [1.807, 2.05) is 18.2 Å². The van der Waals surface area contributed by atoms with Gasteiger partial charge in [-0.3, -0.25) is 14.8 Å². The zero-order valence-electron chi connectivity index (χ0n) is 23.5. The van der Waals surface area contributed by atoms with Crippen molar-refractivity contribution in [3.63, 3.8) is 0 Å². The molecule has 8 nitrogen and oxygen atoms in total.